The van der Waals surface area contributed by atoms with E-state index in [9.17, 15) is 10.2 Å². The predicted octanol–water partition coefficient (Wildman–Crippen LogP) is 2.88. The lowest BCUT2D eigenvalue weighted by Gasteiger charge is -2.26. The maximum absolute atomic E-state index is 10.4. The summed E-state index contributed by atoms with van der Waals surface area (Å²) in [5.74, 6) is -0.311. The van der Waals surface area contributed by atoms with Gasteiger partial charge in [-0.15, -0.1) is 0 Å². The molecule has 3 atom stereocenters. The average molecular weight is 242 g/mol. The van der Waals surface area contributed by atoms with E-state index in [1.807, 2.05) is 60.7 Å². The normalized spacial score (nSPS) is 15.9. The third-order valence-corrected chi connectivity index (χ3v) is 3.19. The molecular formula is C16H18O2. The Labute approximate surface area is 108 Å². The fraction of sp³-hybridized carbons (Fsp3) is 0.250. The zero-order chi connectivity index (χ0) is 13.0. The highest BCUT2D eigenvalue weighted by Crippen LogP contribution is 2.33. The summed E-state index contributed by atoms with van der Waals surface area (Å²) in [4.78, 5) is 0. The van der Waals surface area contributed by atoms with Gasteiger partial charge >= 0.3 is 0 Å². The molecule has 2 aromatic carbocycles. The fourth-order valence-electron chi connectivity index (χ4n) is 2.26. The topological polar surface area (TPSA) is 40.5 Å². The maximum Gasteiger partial charge on any atom is 0.0883 e. The van der Waals surface area contributed by atoms with Gasteiger partial charge in [-0.2, -0.15) is 0 Å². The van der Waals surface area contributed by atoms with Crippen LogP contribution in [0.15, 0.2) is 60.7 Å². The third kappa shape index (κ3) is 2.78. The number of hydrogen-bond acceptors (Lipinski definition) is 2. The van der Waals surface area contributed by atoms with Crippen molar-refractivity contribution in [3.63, 3.8) is 0 Å². The largest absolute Gasteiger partial charge is 0.393 e. The monoisotopic (exact) mass is 242 g/mol. The van der Waals surface area contributed by atoms with Gasteiger partial charge < -0.3 is 10.2 Å². The van der Waals surface area contributed by atoms with E-state index in [1.54, 1.807) is 6.92 Å². The fourth-order valence-corrected chi connectivity index (χ4v) is 2.26. The molecule has 2 N–H and O–H groups in total. The second-order valence-corrected chi connectivity index (χ2v) is 4.53. The van der Waals surface area contributed by atoms with E-state index in [0.29, 0.717) is 0 Å². The summed E-state index contributed by atoms with van der Waals surface area (Å²) in [7, 11) is 0. The van der Waals surface area contributed by atoms with Gasteiger partial charge in [-0.3, -0.25) is 0 Å². The maximum atomic E-state index is 10.4. The van der Waals surface area contributed by atoms with Crippen LogP contribution in [-0.2, 0) is 0 Å². The molecule has 0 bridgehead atoms. The van der Waals surface area contributed by atoms with E-state index in [1.165, 1.54) is 0 Å². The van der Waals surface area contributed by atoms with Crippen LogP contribution < -0.4 is 0 Å². The standard InChI is InChI=1S/C16H18O2/c1-12(17)15(13-8-4-2-5-9-13)16(18)14-10-6-3-7-11-14/h2-12,15-18H,1H3/t12-,15-,16+/m1/s1. The molecule has 0 aliphatic carbocycles. The van der Waals surface area contributed by atoms with E-state index in [4.69, 9.17) is 0 Å². The van der Waals surface area contributed by atoms with Gasteiger partial charge in [0, 0.05) is 5.92 Å². The molecule has 0 fully saturated rings. The minimum absolute atomic E-state index is 0.311. The molecule has 0 amide bonds. The second-order valence-electron chi connectivity index (χ2n) is 4.53. The number of benzene rings is 2. The Balaban J connectivity index is 2.32. The van der Waals surface area contributed by atoms with Crippen LogP contribution in [-0.4, -0.2) is 16.3 Å². The molecule has 0 radical (unpaired) electrons. The highest BCUT2D eigenvalue weighted by atomic mass is 16.3. The van der Waals surface area contributed by atoms with Gasteiger partial charge in [-0.05, 0) is 18.1 Å². The molecule has 2 rings (SSSR count). The van der Waals surface area contributed by atoms with Gasteiger partial charge in [0.05, 0.1) is 12.2 Å². The first kappa shape index (κ1) is 12.8. The van der Waals surface area contributed by atoms with Crippen LogP contribution in [0.2, 0.25) is 0 Å². The Morgan fingerprint density at radius 1 is 0.722 bits per heavy atom. The number of aliphatic hydroxyl groups excluding tert-OH is 2. The Morgan fingerprint density at radius 2 is 1.17 bits per heavy atom. The second kappa shape index (κ2) is 5.80. The lowest BCUT2D eigenvalue weighted by Crippen LogP contribution is -2.22. The summed E-state index contributed by atoms with van der Waals surface area (Å²) in [6.07, 6.45) is -1.31. The minimum Gasteiger partial charge on any atom is -0.393 e. The van der Waals surface area contributed by atoms with Crippen molar-refractivity contribution >= 4 is 0 Å². The highest BCUT2D eigenvalue weighted by Gasteiger charge is 2.26. The molecule has 0 saturated heterocycles. The van der Waals surface area contributed by atoms with Crippen LogP contribution in [0.1, 0.15) is 30.1 Å². The van der Waals surface area contributed by atoms with Crippen molar-refractivity contribution in [1.29, 1.82) is 0 Å². The lowest BCUT2D eigenvalue weighted by molar-refractivity contribution is 0.0619. The van der Waals surface area contributed by atoms with E-state index in [0.717, 1.165) is 11.1 Å². The third-order valence-electron chi connectivity index (χ3n) is 3.19. The summed E-state index contributed by atoms with van der Waals surface area (Å²) in [5.41, 5.74) is 1.77. The summed E-state index contributed by atoms with van der Waals surface area (Å²) in [5, 5.41) is 20.4. The number of aliphatic hydroxyl groups is 2. The molecule has 2 aromatic rings. The molecule has 18 heavy (non-hydrogen) atoms. The van der Waals surface area contributed by atoms with Crippen molar-refractivity contribution < 1.29 is 10.2 Å². The summed E-state index contributed by atoms with van der Waals surface area (Å²) in [6, 6.07) is 19.1. The van der Waals surface area contributed by atoms with Gasteiger partial charge in [0.15, 0.2) is 0 Å². The Kier molecular flexibility index (Phi) is 4.13. The van der Waals surface area contributed by atoms with Crippen LogP contribution in [0.3, 0.4) is 0 Å². The molecule has 0 saturated carbocycles. The number of hydrogen-bond donors (Lipinski definition) is 2. The van der Waals surface area contributed by atoms with Crippen LogP contribution in [0, 0.1) is 0 Å². The Bertz CT molecular complexity index is 465. The molecular weight excluding hydrogens is 224 g/mol. The molecule has 0 aliphatic heterocycles. The quantitative estimate of drug-likeness (QED) is 0.865. The Morgan fingerprint density at radius 3 is 1.61 bits per heavy atom. The van der Waals surface area contributed by atoms with Crippen molar-refractivity contribution in [2.24, 2.45) is 0 Å². The molecule has 0 unspecified atom stereocenters. The van der Waals surface area contributed by atoms with Crippen molar-refractivity contribution in [3.05, 3.63) is 71.8 Å². The van der Waals surface area contributed by atoms with Crippen LogP contribution >= 0.6 is 0 Å². The minimum atomic E-state index is -0.700. The van der Waals surface area contributed by atoms with Crippen LogP contribution in [0.5, 0.6) is 0 Å². The zero-order valence-corrected chi connectivity index (χ0v) is 10.4. The number of rotatable bonds is 4. The van der Waals surface area contributed by atoms with Gasteiger partial charge in [-0.1, -0.05) is 60.7 Å². The van der Waals surface area contributed by atoms with E-state index >= 15 is 0 Å². The van der Waals surface area contributed by atoms with Crippen molar-refractivity contribution in [2.75, 3.05) is 0 Å². The van der Waals surface area contributed by atoms with Gasteiger partial charge in [-0.25, -0.2) is 0 Å². The zero-order valence-electron chi connectivity index (χ0n) is 10.4. The summed E-state index contributed by atoms with van der Waals surface area (Å²) in [6.45, 7) is 1.71. The van der Waals surface area contributed by atoms with Gasteiger partial charge in [0.1, 0.15) is 0 Å². The van der Waals surface area contributed by atoms with E-state index in [-0.39, 0.29) is 5.92 Å². The SMILES string of the molecule is C[C@@H](O)[C@H](c1ccccc1)[C@@H](O)c1ccccc1. The first-order chi connectivity index (χ1) is 8.70. The molecule has 2 nitrogen and oxygen atoms in total. The molecule has 94 valence electrons. The molecule has 0 heterocycles. The molecule has 0 aliphatic rings. The summed E-state index contributed by atoms with van der Waals surface area (Å²) >= 11 is 0. The van der Waals surface area contributed by atoms with E-state index in [2.05, 4.69) is 0 Å². The van der Waals surface area contributed by atoms with Gasteiger partial charge in [0.2, 0.25) is 0 Å². The first-order valence-corrected chi connectivity index (χ1v) is 6.16. The van der Waals surface area contributed by atoms with Crippen molar-refractivity contribution in [3.8, 4) is 0 Å². The molecule has 2 heteroatoms. The Hall–Kier alpha value is -1.64. The van der Waals surface area contributed by atoms with Crippen molar-refractivity contribution in [1.82, 2.24) is 0 Å². The van der Waals surface area contributed by atoms with Crippen LogP contribution in [0.25, 0.3) is 0 Å². The van der Waals surface area contributed by atoms with Gasteiger partial charge in [0.25, 0.3) is 0 Å². The van der Waals surface area contributed by atoms with Crippen molar-refractivity contribution in [2.45, 2.75) is 25.0 Å². The van der Waals surface area contributed by atoms with E-state index < -0.39 is 12.2 Å². The average Bonchev–Trinajstić information content (AvgIpc) is 2.40. The summed E-state index contributed by atoms with van der Waals surface area (Å²) < 4.78 is 0. The van der Waals surface area contributed by atoms with Crippen LogP contribution in [0.4, 0.5) is 0 Å². The lowest BCUT2D eigenvalue weighted by atomic mass is 9.85. The molecule has 0 aromatic heterocycles. The molecule has 0 spiro atoms. The predicted molar refractivity (Wildman–Crippen MR) is 72.3 cm³/mol. The smallest absolute Gasteiger partial charge is 0.0883 e. The first-order valence-electron chi connectivity index (χ1n) is 6.16. The highest BCUT2D eigenvalue weighted by molar-refractivity contribution is 5.27.